The van der Waals surface area contributed by atoms with Crippen LogP contribution < -0.4 is 0 Å². The van der Waals surface area contributed by atoms with Crippen LogP contribution in [0.5, 0.6) is 0 Å². The molecule has 0 fully saturated rings. The number of ether oxygens (including phenoxy) is 1. The van der Waals surface area contributed by atoms with Gasteiger partial charge in [-0.05, 0) is 13.0 Å². The molecule has 0 saturated carbocycles. The summed E-state index contributed by atoms with van der Waals surface area (Å²) in [6.45, 7) is 1.77. The number of rotatable bonds is 4. The minimum Gasteiger partial charge on any atom is -0.468 e. The zero-order chi connectivity index (χ0) is 13.8. The molecule has 7 heteroatoms. The van der Waals surface area contributed by atoms with Crippen molar-refractivity contribution in [2.45, 2.75) is 16.5 Å². The maximum Gasteiger partial charge on any atom is 0.318 e. The third kappa shape index (κ3) is 3.46. The maximum absolute atomic E-state index is 11.3. The van der Waals surface area contributed by atoms with Crippen LogP contribution in [0.2, 0.25) is 5.02 Å². The Hall–Kier alpha value is -1.11. The summed E-state index contributed by atoms with van der Waals surface area (Å²) in [5.41, 5.74) is 0.847. The van der Waals surface area contributed by atoms with Crippen molar-refractivity contribution >= 4 is 40.7 Å². The monoisotopic (exact) mass is 314 g/mol. The molecule has 1 heterocycles. The molecule has 2 rings (SSSR count). The second-order valence-electron chi connectivity index (χ2n) is 3.64. The molecule has 19 heavy (non-hydrogen) atoms. The summed E-state index contributed by atoms with van der Waals surface area (Å²) in [5.74, 6) is -0.278. The molecule has 1 aromatic heterocycles. The third-order valence-corrected chi connectivity index (χ3v) is 4.77. The van der Waals surface area contributed by atoms with Gasteiger partial charge in [0, 0.05) is 5.56 Å². The van der Waals surface area contributed by atoms with E-state index in [4.69, 9.17) is 11.6 Å². The summed E-state index contributed by atoms with van der Waals surface area (Å²) >= 11 is 8.83. The van der Waals surface area contributed by atoms with E-state index in [0.717, 1.165) is 10.6 Å². The van der Waals surface area contributed by atoms with Crippen molar-refractivity contribution < 1.29 is 9.53 Å². The predicted molar refractivity (Wildman–Crippen MR) is 77.7 cm³/mol. The van der Waals surface area contributed by atoms with Crippen molar-refractivity contribution in [3.8, 4) is 10.6 Å². The van der Waals surface area contributed by atoms with Crippen molar-refractivity contribution in [3.63, 3.8) is 0 Å². The zero-order valence-corrected chi connectivity index (χ0v) is 12.7. The molecule has 0 amide bonds. The van der Waals surface area contributed by atoms with Crippen LogP contribution >= 0.6 is 34.7 Å². The van der Waals surface area contributed by atoms with E-state index >= 15 is 0 Å². The molecule has 100 valence electrons. The lowest BCUT2D eigenvalue weighted by Crippen LogP contribution is -2.14. The Kier molecular flexibility index (Phi) is 4.79. The molecule has 1 atom stereocenters. The number of hydrogen-bond donors (Lipinski definition) is 0. The van der Waals surface area contributed by atoms with E-state index in [9.17, 15) is 4.79 Å². The Morgan fingerprint density at radius 1 is 1.42 bits per heavy atom. The first-order chi connectivity index (χ1) is 9.11. The quantitative estimate of drug-likeness (QED) is 0.638. The van der Waals surface area contributed by atoms with Crippen molar-refractivity contribution in [2.24, 2.45) is 0 Å². The Morgan fingerprint density at radius 3 is 2.84 bits per heavy atom. The van der Waals surface area contributed by atoms with E-state index in [-0.39, 0.29) is 11.2 Å². The maximum atomic E-state index is 11.3. The van der Waals surface area contributed by atoms with Crippen molar-refractivity contribution in [1.29, 1.82) is 0 Å². The standard InChI is InChI=1S/C12H11ClN2O2S2/c1-7(11(16)17-2)18-12-15-14-10(19-12)8-5-3-4-6-9(8)13/h3-7H,1-2H3. The topological polar surface area (TPSA) is 52.1 Å². The van der Waals surface area contributed by atoms with Gasteiger partial charge in [-0.3, -0.25) is 4.79 Å². The van der Waals surface area contributed by atoms with Gasteiger partial charge in [0.15, 0.2) is 4.34 Å². The fourth-order valence-corrected chi connectivity index (χ4v) is 3.71. The molecule has 0 radical (unpaired) electrons. The molecule has 0 saturated heterocycles. The largest absolute Gasteiger partial charge is 0.468 e. The highest BCUT2D eigenvalue weighted by Crippen LogP contribution is 2.34. The first kappa shape index (κ1) is 14.3. The summed E-state index contributed by atoms with van der Waals surface area (Å²) in [5, 5.41) is 9.22. The van der Waals surface area contributed by atoms with E-state index in [1.807, 2.05) is 24.3 Å². The fourth-order valence-electron chi connectivity index (χ4n) is 1.37. The number of thioether (sulfide) groups is 1. The molecule has 0 spiro atoms. The summed E-state index contributed by atoms with van der Waals surface area (Å²) in [6.07, 6.45) is 0. The molecule has 0 N–H and O–H groups in total. The summed E-state index contributed by atoms with van der Waals surface area (Å²) in [7, 11) is 1.37. The number of esters is 1. The van der Waals surface area contributed by atoms with Crippen LogP contribution in [-0.2, 0) is 9.53 Å². The SMILES string of the molecule is COC(=O)C(C)Sc1nnc(-c2ccccc2Cl)s1. The van der Waals surface area contributed by atoms with Crippen LogP contribution in [0.15, 0.2) is 28.6 Å². The van der Waals surface area contributed by atoms with Gasteiger partial charge in [0.05, 0.1) is 12.1 Å². The van der Waals surface area contributed by atoms with Crippen molar-refractivity contribution in [1.82, 2.24) is 10.2 Å². The fraction of sp³-hybridized carbons (Fsp3) is 0.250. The minimum atomic E-state index is -0.308. The lowest BCUT2D eigenvalue weighted by atomic mass is 10.2. The van der Waals surface area contributed by atoms with E-state index in [1.165, 1.54) is 30.2 Å². The number of hydrogen-bond acceptors (Lipinski definition) is 6. The number of carbonyl (C=O) groups is 1. The number of carbonyl (C=O) groups excluding carboxylic acids is 1. The van der Waals surface area contributed by atoms with Gasteiger partial charge in [-0.1, -0.05) is 52.9 Å². The average molecular weight is 315 g/mol. The smallest absolute Gasteiger partial charge is 0.318 e. The molecule has 4 nitrogen and oxygen atoms in total. The lowest BCUT2D eigenvalue weighted by molar-refractivity contribution is -0.139. The van der Waals surface area contributed by atoms with Crippen LogP contribution in [-0.4, -0.2) is 28.5 Å². The van der Waals surface area contributed by atoms with Gasteiger partial charge >= 0.3 is 5.97 Å². The molecular formula is C12H11ClN2O2S2. The van der Waals surface area contributed by atoms with Gasteiger partial charge in [0.25, 0.3) is 0 Å². The number of aromatic nitrogens is 2. The molecule has 1 unspecified atom stereocenters. The van der Waals surface area contributed by atoms with Gasteiger partial charge in [-0.2, -0.15) is 0 Å². The second-order valence-corrected chi connectivity index (χ2v) is 6.61. The first-order valence-corrected chi connectivity index (χ1v) is 7.52. The highest BCUT2D eigenvalue weighted by molar-refractivity contribution is 8.02. The Bertz CT molecular complexity index is 589. The molecule has 0 aliphatic rings. The van der Waals surface area contributed by atoms with Crippen molar-refractivity contribution in [3.05, 3.63) is 29.3 Å². The highest BCUT2D eigenvalue weighted by atomic mass is 35.5. The molecule has 0 aliphatic carbocycles. The molecule has 0 aliphatic heterocycles. The minimum absolute atomic E-state index is 0.278. The van der Waals surface area contributed by atoms with E-state index in [1.54, 1.807) is 6.92 Å². The van der Waals surface area contributed by atoms with Crippen LogP contribution in [0, 0.1) is 0 Å². The van der Waals surface area contributed by atoms with E-state index in [0.29, 0.717) is 9.36 Å². The van der Waals surface area contributed by atoms with Gasteiger partial charge in [-0.25, -0.2) is 0 Å². The Balaban J connectivity index is 2.16. The number of methoxy groups -OCH3 is 1. The van der Waals surface area contributed by atoms with Crippen LogP contribution in [0.4, 0.5) is 0 Å². The third-order valence-electron chi connectivity index (χ3n) is 2.32. The molecular weight excluding hydrogens is 304 g/mol. The van der Waals surface area contributed by atoms with Gasteiger partial charge in [0.2, 0.25) is 0 Å². The van der Waals surface area contributed by atoms with Crippen LogP contribution in [0.1, 0.15) is 6.92 Å². The van der Waals surface area contributed by atoms with E-state index < -0.39 is 0 Å². The second kappa shape index (κ2) is 6.36. The van der Waals surface area contributed by atoms with Gasteiger partial charge in [-0.15, -0.1) is 10.2 Å². The van der Waals surface area contributed by atoms with Crippen molar-refractivity contribution in [2.75, 3.05) is 7.11 Å². The van der Waals surface area contributed by atoms with Crippen LogP contribution in [0.25, 0.3) is 10.6 Å². The normalized spacial score (nSPS) is 12.2. The molecule has 2 aromatic rings. The zero-order valence-electron chi connectivity index (χ0n) is 10.3. The number of benzene rings is 1. The number of nitrogens with zero attached hydrogens (tertiary/aromatic N) is 2. The molecule has 1 aromatic carbocycles. The Labute approximate surface area is 124 Å². The lowest BCUT2D eigenvalue weighted by Gasteiger charge is -2.04. The highest BCUT2D eigenvalue weighted by Gasteiger charge is 2.18. The average Bonchev–Trinajstić information content (AvgIpc) is 2.86. The van der Waals surface area contributed by atoms with Gasteiger partial charge in [0.1, 0.15) is 10.3 Å². The van der Waals surface area contributed by atoms with E-state index in [2.05, 4.69) is 14.9 Å². The van der Waals surface area contributed by atoms with Gasteiger partial charge < -0.3 is 4.74 Å². The molecule has 0 bridgehead atoms. The summed E-state index contributed by atoms with van der Waals surface area (Å²) < 4.78 is 5.39. The first-order valence-electron chi connectivity index (χ1n) is 5.44. The summed E-state index contributed by atoms with van der Waals surface area (Å²) in [4.78, 5) is 11.3. The predicted octanol–water partition coefficient (Wildman–Crippen LogP) is 3.51. The summed E-state index contributed by atoms with van der Waals surface area (Å²) in [6, 6.07) is 7.46. The number of halogens is 1. The van der Waals surface area contributed by atoms with Crippen LogP contribution in [0.3, 0.4) is 0 Å². The Morgan fingerprint density at radius 2 is 2.16 bits per heavy atom.